The minimum atomic E-state index is -1.69. The number of ether oxygens (including phenoxy) is 3. The Kier molecular flexibility index (Phi) is 7.87. The van der Waals surface area contributed by atoms with Crippen LogP contribution in [-0.4, -0.2) is 110 Å². The number of thioether (sulfide) groups is 1. The minimum Gasteiger partial charge on any atom is -0.394 e. The van der Waals surface area contributed by atoms with Gasteiger partial charge in [0.05, 0.1) is 13.2 Å². The van der Waals surface area contributed by atoms with E-state index in [0.29, 0.717) is 0 Å². The van der Waals surface area contributed by atoms with E-state index in [1.165, 1.54) is 0 Å². The van der Waals surface area contributed by atoms with E-state index in [1.807, 2.05) is 18.2 Å². The highest BCUT2D eigenvalue weighted by Gasteiger charge is 2.50. The van der Waals surface area contributed by atoms with Gasteiger partial charge in [0.15, 0.2) is 6.29 Å². The molecule has 164 valence electrons. The predicted molar refractivity (Wildman–Crippen MR) is 98.7 cm³/mol. The molecule has 10 atom stereocenters. The molecule has 1 aromatic rings. The van der Waals surface area contributed by atoms with Gasteiger partial charge in [0.1, 0.15) is 54.3 Å². The summed E-state index contributed by atoms with van der Waals surface area (Å²) in [6.07, 6.45) is -12.9. The molecule has 2 fully saturated rings. The second kappa shape index (κ2) is 9.98. The van der Waals surface area contributed by atoms with Crippen LogP contribution in [0, 0.1) is 0 Å². The van der Waals surface area contributed by atoms with Crippen LogP contribution >= 0.6 is 11.8 Å². The topological polar surface area (TPSA) is 169 Å². The minimum absolute atomic E-state index is 0.558. The van der Waals surface area contributed by atoms with Crippen LogP contribution < -0.4 is 0 Å². The molecule has 0 spiro atoms. The quantitative estimate of drug-likeness (QED) is 0.251. The Bertz CT molecular complexity index is 632. The summed E-state index contributed by atoms with van der Waals surface area (Å²) in [6, 6.07) is 9.05. The fourth-order valence-electron chi connectivity index (χ4n) is 3.29. The van der Waals surface area contributed by atoms with Crippen molar-refractivity contribution < 1.29 is 50.0 Å². The van der Waals surface area contributed by atoms with Gasteiger partial charge >= 0.3 is 0 Å². The van der Waals surface area contributed by atoms with Gasteiger partial charge in [-0.3, -0.25) is 0 Å². The maximum atomic E-state index is 10.6. The van der Waals surface area contributed by atoms with E-state index < -0.39 is 73.8 Å². The van der Waals surface area contributed by atoms with Crippen molar-refractivity contribution >= 4 is 11.8 Å². The summed E-state index contributed by atoms with van der Waals surface area (Å²) in [5.41, 5.74) is -0.890. The highest BCUT2D eigenvalue weighted by atomic mass is 32.2. The van der Waals surface area contributed by atoms with Gasteiger partial charge < -0.3 is 50.0 Å². The lowest BCUT2D eigenvalue weighted by atomic mass is 9.97. The lowest BCUT2D eigenvalue weighted by Crippen LogP contribution is -2.64. The molecular formula is C18H26O10S. The third-order valence-corrected chi connectivity index (χ3v) is 6.12. The van der Waals surface area contributed by atoms with Gasteiger partial charge in [0.2, 0.25) is 0 Å². The Balaban J connectivity index is 1.71. The van der Waals surface area contributed by atoms with Crippen molar-refractivity contribution in [2.75, 3.05) is 13.2 Å². The van der Waals surface area contributed by atoms with E-state index in [-0.39, 0.29) is 0 Å². The average molecular weight is 434 g/mol. The van der Waals surface area contributed by atoms with E-state index in [1.54, 1.807) is 12.1 Å². The van der Waals surface area contributed by atoms with Crippen LogP contribution in [0.1, 0.15) is 0 Å². The largest absolute Gasteiger partial charge is 0.394 e. The summed E-state index contributed by atoms with van der Waals surface area (Å²) in [5, 5.41) is 69.8. The van der Waals surface area contributed by atoms with Gasteiger partial charge in [-0.25, -0.2) is 0 Å². The summed E-state index contributed by atoms with van der Waals surface area (Å²) in [6.45, 7) is -1.20. The Hall–Kier alpha value is -0.830. The molecule has 2 heterocycles. The van der Waals surface area contributed by atoms with Gasteiger partial charge in [-0.1, -0.05) is 30.0 Å². The van der Waals surface area contributed by atoms with Gasteiger partial charge in [-0.15, -0.1) is 0 Å². The second-order valence-electron chi connectivity index (χ2n) is 6.94. The highest BCUT2D eigenvalue weighted by Crippen LogP contribution is 2.35. The first kappa shape index (κ1) is 22.8. The molecule has 2 aliphatic rings. The normalized spacial score (nSPS) is 43.3. The highest BCUT2D eigenvalue weighted by molar-refractivity contribution is 7.99. The van der Waals surface area contributed by atoms with Crippen molar-refractivity contribution in [2.45, 2.75) is 65.5 Å². The Morgan fingerprint density at radius 3 is 2.03 bits per heavy atom. The van der Waals surface area contributed by atoms with Crippen LogP contribution in [-0.2, 0) is 14.2 Å². The molecule has 10 nitrogen and oxygen atoms in total. The van der Waals surface area contributed by atoms with E-state index in [2.05, 4.69) is 0 Å². The van der Waals surface area contributed by atoms with Crippen LogP contribution in [0.5, 0.6) is 0 Å². The number of hydrogen-bond donors (Lipinski definition) is 7. The van der Waals surface area contributed by atoms with Crippen LogP contribution in [0.2, 0.25) is 0 Å². The van der Waals surface area contributed by atoms with E-state index in [4.69, 9.17) is 14.2 Å². The number of rotatable bonds is 6. The first-order chi connectivity index (χ1) is 13.9. The SMILES string of the molecule is OC[C@H]1O[C@H](O[C@@H]2[C@H](O)[C@@H](O)[C@H](Sc3ccccc3)O[C@@H]2CO)[C@H](O)[C@@H](O)[C@H]1O. The summed E-state index contributed by atoms with van der Waals surface area (Å²) < 4.78 is 16.5. The number of benzene rings is 1. The van der Waals surface area contributed by atoms with E-state index in [9.17, 15) is 35.7 Å². The van der Waals surface area contributed by atoms with Crippen molar-refractivity contribution in [3.05, 3.63) is 30.3 Å². The maximum absolute atomic E-state index is 10.6. The molecule has 29 heavy (non-hydrogen) atoms. The zero-order valence-electron chi connectivity index (χ0n) is 15.3. The van der Waals surface area contributed by atoms with Gasteiger partial charge in [0.25, 0.3) is 0 Å². The molecule has 0 radical (unpaired) electrons. The summed E-state index contributed by atoms with van der Waals surface area (Å²) >= 11 is 1.16. The first-order valence-corrected chi connectivity index (χ1v) is 10.1. The van der Waals surface area contributed by atoms with E-state index >= 15 is 0 Å². The van der Waals surface area contributed by atoms with Crippen LogP contribution in [0.15, 0.2) is 35.2 Å². The smallest absolute Gasteiger partial charge is 0.187 e. The van der Waals surface area contributed by atoms with Crippen LogP contribution in [0.25, 0.3) is 0 Å². The van der Waals surface area contributed by atoms with Crippen molar-refractivity contribution in [2.24, 2.45) is 0 Å². The molecule has 0 amide bonds. The van der Waals surface area contributed by atoms with Crippen LogP contribution in [0.3, 0.4) is 0 Å². The molecule has 3 rings (SSSR count). The lowest BCUT2D eigenvalue weighted by molar-refractivity contribution is -0.338. The van der Waals surface area contributed by atoms with Crippen LogP contribution in [0.4, 0.5) is 0 Å². The number of aliphatic hydroxyl groups excluding tert-OH is 7. The van der Waals surface area contributed by atoms with E-state index in [0.717, 1.165) is 16.7 Å². The fourth-order valence-corrected chi connectivity index (χ4v) is 4.37. The summed E-state index contributed by atoms with van der Waals surface area (Å²) in [7, 11) is 0. The van der Waals surface area contributed by atoms with Gasteiger partial charge in [-0.05, 0) is 12.1 Å². The second-order valence-corrected chi connectivity index (χ2v) is 8.11. The molecule has 1 aromatic carbocycles. The molecule has 0 unspecified atom stereocenters. The van der Waals surface area contributed by atoms with Gasteiger partial charge in [-0.2, -0.15) is 0 Å². The summed E-state index contributed by atoms with van der Waals surface area (Å²) in [4.78, 5) is 0.786. The zero-order chi connectivity index (χ0) is 21.1. The number of aliphatic hydroxyl groups is 7. The molecular weight excluding hydrogens is 408 g/mol. The molecule has 2 saturated heterocycles. The Labute approximate surface area is 171 Å². The van der Waals surface area contributed by atoms with Gasteiger partial charge in [0, 0.05) is 4.90 Å². The monoisotopic (exact) mass is 434 g/mol. The third-order valence-electron chi connectivity index (χ3n) is 4.96. The van der Waals surface area contributed by atoms with Crippen molar-refractivity contribution in [1.82, 2.24) is 0 Å². The maximum Gasteiger partial charge on any atom is 0.187 e. The third kappa shape index (κ3) is 4.92. The number of hydrogen-bond acceptors (Lipinski definition) is 11. The molecule has 0 aliphatic carbocycles. The fraction of sp³-hybridized carbons (Fsp3) is 0.667. The Morgan fingerprint density at radius 2 is 1.41 bits per heavy atom. The standard InChI is InChI=1S/C18H26O10S/c19-6-9-11(21)12(22)14(24)17(26-9)28-16-10(7-20)27-18(15(25)13(16)23)29-8-4-2-1-3-5-8/h1-5,9-25H,6-7H2/t9-,10-,11+,12+,13-,14-,15-,16+,17-,18+/m1/s1. The molecule has 0 aromatic heterocycles. The lowest BCUT2D eigenvalue weighted by Gasteiger charge is -2.46. The summed E-state index contributed by atoms with van der Waals surface area (Å²) in [5.74, 6) is 0. The Morgan fingerprint density at radius 1 is 0.759 bits per heavy atom. The zero-order valence-corrected chi connectivity index (χ0v) is 16.2. The van der Waals surface area contributed by atoms with Crippen molar-refractivity contribution in [3.63, 3.8) is 0 Å². The van der Waals surface area contributed by atoms with Crippen molar-refractivity contribution in [3.8, 4) is 0 Å². The molecule has 0 saturated carbocycles. The first-order valence-electron chi connectivity index (χ1n) is 9.17. The molecule has 2 aliphatic heterocycles. The predicted octanol–water partition coefficient (Wildman–Crippen LogP) is -2.60. The molecule has 7 N–H and O–H groups in total. The van der Waals surface area contributed by atoms with Crippen molar-refractivity contribution in [1.29, 1.82) is 0 Å². The molecule has 11 heteroatoms. The average Bonchev–Trinajstić information content (AvgIpc) is 2.74. The molecule has 0 bridgehead atoms.